The molecule has 0 aromatic rings. The van der Waals surface area contributed by atoms with Gasteiger partial charge in [-0.15, -0.1) is 0 Å². The van der Waals surface area contributed by atoms with Crippen LogP contribution in [-0.4, -0.2) is 23.1 Å². The molecular formula is C24H31NO2. The zero-order valence-corrected chi connectivity index (χ0v) is 16.3. The molecule has 0 amide bonds. The SMILES string of the molecule is CC[C@]12CCC3C(C4CC4C4=C/C(=N/O)CC[C@@H]43)C1C1CC1[C@@]21C=CCO1. The molecule has 7 aliphatic rings. The second kappa shape index (κ2) is 4.90. The highest BCUT2D eigenvalue weighted by Gasteiger charge is 2.79. The van der Waals surface area contributed by atoms with Crippen molar-refractivity contribution in [2.45, 2.75) is 57.5 Å². The lowest BCUT2D eigenvalue weighted by Gasteiger charge is -2.58. The molecule has 0 aromatic carbocycles. The normalized spacial score (nSPS) is 60.3. The van der Waals surface area contributed by atoms with E-state index in [1.165, 1.54) is 38.5 Å². The fraction of sp³-hybridized carbons (Fsp3) is 0.792. The summed E-state index contributed by atoms with van der Waals surface area (Å²) in [5.41, 5.74) is 3.10. The quantitative estimate of drug-likeness (QED) is 0.411. The summed E-state index contributed by atoms with van der Waals surface area (Å²) in [5, 5.41) is 12.8. The molecule has 3 heteroatoms. The summed E-state index contributed by atoms with van der Waals surface area (Å²) < 4.78 is 6.62. The van der Waals surface area contributed by atoms with Crippen LogP contribution in [0.5, 0.6) is 0 Å². The zero-order chi connectivity index (χ0) is 18.0. The van der Waals surface area contributed by atoms with Crippen molar-refractivity contribution in [2.24, 2.45) is 57.9 Å². The van der Waals surface area contributed by atoms with Gasteiger partial charge in [0.1, 0.15) is 0 Å². The molecule has 0 saturated heterocycles. The third-order valence-electron chi connectivity index (χ3n) is 10.4. The predicted octanol–water partition coefficient (Wildman–Crippen LogP) is 4.82. The third-order valence-corrected chi connectivity index (χ3v) is 10.4. The molecule has 1 N–H and O–H groups in total. The van der Waals surface area contributed by atoms with Gasteiger partial charge in [-0.25, -0.2) is 0 Å². The fourth-order valence-electron chi connectivity index (χ4n) is 9.57. The van der Waals surface area contributed by atoms with Crippen LogP contribution in [-0.2, 0) is 4.74 Å². The Morgan fingerprint density at radius 2 is 2.11 bits per heavy atom. The summed E-state index contributed by atoms with van der Waals surface area (Å²) in [5.74, 6) is 6.95. The monoisotopic (exact) mass is 365 g/mol. The van der Waals surface area contributed by atoms with Gasteiger partial charge in [-0.1, -0.05) is 29.8 Å². The van der Waals surface area contributed by atoms with Crippen molar-refractivity contribution in [1.29, 1.82) is 0 Å². The minimum atomic E-state index is 0.0891. The van der Waals surface area contributed by atoms with Crippen LogP contribution < -0.4 is 0 Å². The Kier molecular flexibility index (Phi) is 2.87. The summed E-state index contributed by atoms with van der Waals surface area (Å²) in [4.78, 5) is 0. The second-order valence-corrected chi connectivity index (χ2v) is 10.7. The van der Waals surface area contributed by atoms with Gasteiger partial charge >= 0.3 is 0 Å². The number of oxime groups is 1. The maximum atomic E-state index is 9.28. The summed E-state index contributed by atoms with van der Waals surface area (Å²) in [6.45, 7) is 3.30. The van der Waals surface area contributed by atoms with E-state index in [1.54, 1.807) is 5.57 Å². The van der Waals surface area contributed by atoms with E-state index >= 15 is 0 Å². The van der Waals surface area contributed by atoms with E-state index in [2.05, 4.69) is 30.3 Å². The molecule has 10 atom stereocenters. The lowest BCUT2D eigenvalue weighted by molar-refractivity contribution is -0.145. The van der Waals surface area contributed by atoms with Gasteiger partial charge in [0.2, 0.25) is 0 Å². The van der Waals surface area contributed by atoms with Crippen LogP contribution >= 0.6 is 0 Å². The molecule has 5 saturated carbocycles. The predicted molar refractivity (Wildman–Crippen MR) is 103 cm³/mol. The lowest BCUT2D eigenvalue weighted by Crippen LogP contribution is -2.56. The fourth-order valence-corrected chi connectivity index (χ4v) is 9.57. The number of fused-ring (bicyclic) bond motifs is 12. The van der Waals surface area contributed by atoms with Gasteiger partial charge in [0.25, 0.3) is 0 Å². The second-order valence-electron chi connectivity index (χ2n) is 10.7. The standard InChI is InChI=1S/C24H31NO2/c1-2-23-8-6-15-14-5-4-13(25-26)10-16(14)17-11-18(17)21(15)22(23)19-12-20(19)24(23)7-3-9-27-24/h3,7,10,14-15,17-22,26H,2,4-6,8-9,11-12H2,1H3/b25-13+/t14-,15?,17?,18?,19?,20?,21?,22?,23+,24+/m1/s1. The first-order valence-corrected chi connectivity index (χ1v) is 11.5. The molecule has 1 heterocycles. The van der Waals surface area contributed by atoms with E-state index in [0.29, 0.717) is 5.41 Å². The number of allylic oxidation sites excluding steroid dienone is 2. The number of nitrogens with zero attached hydrogens (tertiary/aromatic N) is 1. The van der Waals surface area contributed by atoms with E-state index in [9.17, 15) is 5.21 Å². The van der Waals surface area contributed by atoms with Crippen LogP contribution in [0.1, 0.15) is 51.9 Å². The molecule has 27 heavy (non-hydrogen) atoms. The van der Waals surface area contributed by atoms with Gasteiger partial charge in [-0.05, 0) is 98.4 Å². The highest BCUT2D eigenvalue weighted by Crippen LogP contribution is 2.81. The van der Waals surface area contributed by atoms with Gasteiger partial charge < -0.3 is 9.94 Å². The van der Waals surface area contributed by atoms with Crippen LogP contribution in [0.2, 0.25) is 0 Å². The van der Waals surface area contributed by atoms with Crippen LogP contribution in [0.4, 0.5) is 0 Å². The summed E-state index contributed by atoms with van der Waals surface area (Å²) in [6, 6.07) is 0. The Balaban J connectivity index is 1.32. The first-order chi connectivity index (χ1) is 13.2. The van der Waals surface area contributed by atoms with Crippen molar-refractivity contribution in [2.75, 3.05) is 6.61 Å². The average molecular weight is 366 g/mol. The van der Waals surface area contributed by atoms with E-state index in [-0.39, 0.29) is 5.60 Å². The van der Waals surface area contributed by atoms with Crippen molar-refractivity contribution in [3.05, 3.63) is 23.8 Å². The minimum Gasteiger partial charge on any atom is -0.411 e. The van der Waals surface area contributed by atoms with Gasteiger partial charge in [0, 0.05) is 5.41 Å². The topological polar surface area (TPSA) is 41.8 Å². The molecule has 7 rings (SSSR count). The smallest absolute Gasteiger partial charge is 0.0957 e. The summed E-state index contributed by atoms with van der Waals surface area (Å²) >= 11 is 0. The molecular weight excluding hydrogens is 334 g/mol. The summed E-state index contributed by atoms with van der Waals surface area (Å²) in [6.07, 6.45) is 16.2. The highest BCUT2D eigenvalue weighted by atomic mass is 16.5. The molecule has 0 radical (unpaired) electrons. The van der Waals surface area contributed by atoms with E-state index < -0.39 is 0 Å². The maximum Gasteiger partial charge on any atom is 0.0957 e. The Morgan fingerprint density at radius 3 is 2.89 bits per heavy atom. The molecule has 5 fully saturated rings. The zero-order valence-electron chi connectivity index (χ0n) is 16.3. The summed E-state index contributed by atoms with van der Waals surface area (Å²) in [7, 11) is 0. The number of hydrogen-bond donors (Lipinski definition) is 1. The van der Waals surface area contributed by atoms with E-state index in [0.717, 1.165) is 66.1 Å². The van der Waals surface area contributed by atoms with Crippen molar-refractivity contribution in [1.82, 2.24) is 0 Å². The van der Waals surface area contributed by atoms with Gasteiger partial charge in [-0.3, -0.25) is 0 Å². The molecule has 0 bridgehead atoms. The van der Waals surface area contributed by atoms with Gasteiger partial charge in [-0.2, -0.15) is 0 Å². The van der Waals surface area contributed by atoms with Crippen molar-refractivity contribution < 1.29 is 9.94 Å². The Bertz CT molecular complexity index is 798. The van der Waals surface area contributed by atoms with Crippen LogP contribution in [0, 0.1) is 52.8 Å². The first-order valence-electron chi connectivity index (χ1n) is 11.5. The van der Waals surface area contributed by atoms with Crippen LogP contribution in [0.25, 0.3) is 0 Å². The van der Waals surface area contributed by atoms with Gasteiger partial charge in [0.15, 0.2) is 0 Å². The van der Waals surface area contributed by atoms with E-state index in [4.69, 9.17) is 4.74 Å². The number of ether oxygens (including phenoxy) is 1. The molecule has 6 aliphatic carbocycles. The van der Waals surface area contributed by atoms with Gasteiger partial charge in [0.05, 0.1) is 17.9 Å². The molecule has 1 spiro atoms. The highest BCUT2D eigenvalue weighted by molar-refractivity contribution is 5.96. The molecule has 1 aliphatic heterocycles. The Hall–Kier alpha value is -1.09. The van der Waals surface area contributed by atoms with Crippen LogP contribution in [0.15, 0.2) is 29.0 Å². The van der Waals surface area contributed by atoms with Crippen molar-refractivity contribution in [3.63, 3.8) is 0 Å². The lowest BCUT2D eigenvalue weighted by atomic mass is 9.48. The molecule has 7 unspecified atom stereocenters. The molecule has 144 valence electrons. The molecule has 0 aromatic heterocycles. The number of hydrogen-bond acceptors (Lipinski definition) is 3. The average Bonchev–Trinajstić information content (AvgIpc) is 3.62. The number of rotatable bonds is 1. The third kappa shape index (κ3) is 1.65. The molecule has 3 nitrogen and oxygen atoms in total. The largest absolute Gasteiger partial charge is 0.411 e. The van der Waals surface area contributed by atoms with Crippen molar-refractivity contribution in [3.8, 4) is 0 Å². The Labute approximate surface area is 161 Å². The van der Waals surface area contributed by atoms with Crippen LogP contribution in [0.3, 0.4) is 0 Å². The van der Waals surface area contributed by atoms with E-state index in [1.807, 2.05) is 0 Å². The Morgan fingerprint density at radius 1 is 1.19 bits per heavy atom. The maximum absolute atomic E-state index is 9.28. The first kappa shape index (κ1) is 15.8. The van der Waals surface area contributed by atoms with Crippen molar-refractivity contribution >= 4 is 5.71 Å². The minimum absolute atomic E-state index is 0.0891.